The second-order valence-electron chi connectivity index (χ2n) is 8.99. The van der Waals surface area contributed by atoms with Gasteiger partial charge in [0.25, 0.3) is 0 Å². The minimum Gasteiger partial charge on any atom is -0.381 e. The Hall–Kier alpha value is -0.320. The Morgan fingerprint density at radius 3 is 2.54 bits per heavy atom. The minimum atomic E-state index is 0.104. The lowest BCUT2D eigenvalue weighted by molar-refractivity contribution is -0.0471. The fourth-order valence-corrected chi connectivity index (χ4v) is 5.82. The number of nitrogens with zero attached hydrogens (tertiary/aromatic N) is 2. The highest BCUT2D eigenvalue weighted by Gasteiger charge is 2.43. The van der Waals surface area contributed by atoms with Gasteiger partial charge in [0, 0.05) is 32.3 Å². The molecule has 0 aromatic carbocycles. The molecule has 5 fully saturated rings. The van der Waals surface area contributed by atoms with Gasteiger partial charge in [0.15, 0.2) is 0 Å². The molecule has 0 amide bonds. The van der Waals surface area contributed by atoms with Gasteiger partial charge in [-0.25, -0.2) is 0 Å². The number of hydrogen-bond donors (Lipinski definition) is 3. The van der Waals surface area contributed by atoms with Crippen molar-refractivity contribution in [3.8, 4) is 0 Å². The van der Waals surface area contributed by atoms with Crippen molar-refractivity contribution >= 4 is 0 Å². The van der Waals surface area contributed by atoms with Crippen LogP contribution in [0.1, 0.15) is 38.5 Å². The van der Waals surface area contributed by atoms with Gasteiger partial charge in [0.2, 0.25) is 0 Å². The maximum absolute atomic E-state index is 6.12. The van der Waals surface area contributed by atoms with Crippen LogP contribution >= 0.6 is 0 Å². The van der Waals surface area contributed by atoms with E-state index in [4.69, 9.17) is 14.3 Å². The van der Waals surface area contributed by atoms with Gasteiger partial charge in [-0.3, -0.25) is 20.0 Å². The van der Waals surface area contributed by atoms with E-state index < -0.39 is 0 Å². The summed E-state index contributed by atoms with van der Waals surface area (Å²) in [6.45, 7) is 7.89. The van der Waals surface area contributed by atoms with Crippen LogP contribution in [0.2, 0.25) is 0 Å². The Kier molecular flexibility index (Phi) is 6.47. The van der Waals surface area contributed by atoms with Crippen molar-refractivity contribution in [1.82, 2.24) is 25.9 Å². The average Bonchev–Trinajstić information content (AvgIpc) is 3.45. The molecule has 28 heavy (non-hydrogen) atoms. The molecule has 5 heterocycles. The molecule has 0 aromatic heterocycles. The molecule has 0 saturated carbocycles. The second-order valence-corrected chi connectivity index (χ2v) is 8.99. The van der Waals surface area contributed by atoms with Crippen LogP contribution in [0.5, 0.6) is 0 Å². The van der Waals surface area contributed by atoms with Crippen LogP contribution in [-0.4, -0.2) is 93.0 Å². The van der Waals surface area contributed by atoms with E-state index in [2.05, 4.69) is 25.9 Å². The molecule has 5 aliphatic rings. The highest BCUT2D eigenvalue weighted by molar-refractivity contribution is 4.94. The first-order valence-corrected chi connectivity index (χ1v) is 11.4. The zero-order valence-electron chi connectivity index (χ0n) is 17.0. The zero-order chi connectivity index (χ0) is 18.8. The standard InChI is InChI=1S/C20H37N5O3/c1-2-17(25(7-1)16-4-10-26-11-5-16)20-22-19(23-28-20)15-3-6-21-18(14-15)24-8-12-27-13-9-24/h15-23H,1-14H2. The summed E-state index contributed by atoms with van der Waals surface area (Å²) in [5.41, 5.74) is 3.37. The van der Waals surface area contributed by atoms with E-state index in [0.29, 0.717) is 24.2 Å². The van der Waals surface area contributed by atoms with E-state index in [1.807, 2.05) is 0 Å². The maximum atomic E-state index is 6.12. The van der Waals surface area contributed by atoms with Gasteiger partial charge in [-0.2, -0.15) is 5.48 Å². The van der Waals surface area contributed by atoms with Crippen LogP contribution in [0.3, 0.4) is 0 Å². The highest BCUT2D eigenvalue weighted by Crippen LogP contribution is 2.30. The smallest absolute Gasteiger partial charge is 0.146 e. The molecule has 8 nitrogen and oxygen atoms in total. The average molecular weight is 396 g/mol. The molecule has 0 radical (unpaired) electrons. The Morgan fingerprint density at radius 2 is 1.68 bits per heavy atom. The molecule has 0 aromatic rings. The van der Waals surface area contributed by atoms with Gasteiger partial charge >= 0.3 is 0 Å². The normalized spacial score (nSPS) is 42.2. The number of hydroxylamine groups is 1. The number of piperidine rings is 1. The number of hydrogen-bond acceptors (Lipinski definition) is 8. The van der Waals surface area contributed by atoms with E-state index in [-0.39, 0.29) is 12.4 Å². The van der Waals surface area contributed by atoms with Crippen molar-refractivity contribution in [3.63, 3.8) is 0 Å². The van der Waals surface area contributed by atoms with Crippen molar-refractivity contribution in [2.45, 2.75) is 69.2 Å². The second kappa shape index (κ2) is 9.22. The lowest BCUT2D eigenvalue weighted by atomic mass is 9.92. The molecular weight excluding hydrogens is 358 g/mol. The first kappa shape index (κ1) is 19.6. The molecule has 8 heteroatoms. The third kappa shape index (κ3) is 4.25. The Balaban J connectivity index is 1.16. The first-order chi connectivity index (χ1) is 13.9. The van der Waals surface area contributed by atoms with Crippen LogP contribution in [0, 0.1) is 5.92 Å². The summed E-state index contributed by atoms with van der Waals surface area (Å²) in [5.74, 6) is 0.594. The third-order valence-corrected chi connectivity index (χ3v) is 7.40. The molecule has 0 bridgehead atoms. The van der Waals surface area contributed by atoms with Gasteiger partial charge in [-0.05, 0) is 57.5 Å². The number of nitrogens with one attached hydrogen (secondary N) is 3. The largest absolute Gasteiger partial charge is 0.381 e. The van der Waals surface area contributed by atoms with Crippen molar-refractivity contribution in [2.24, 2.45) is 5.92 Å². The molecule has 3 N–H and O–H groups in total. The SMILES string of the molecule is C1CC(C2NC(C3CCNC(N4CCOCC4)C3)NO2)N(C2CCOCC2)C1. The topological polar surface area (TPSA) is 70.3 Å². The van der Waals surface area contributed by atoms with Crippen LogP contribution in [0.4, 0.5) is 0 Å². The van der Waals surface area contributed by atoms with Gasteiger partial charge in [0.05, 0.1) is 31.6 Å². The Bertz CT molecular complexity index is 500. The van der Waals surface area contributed by atoms with Crippen LogP contribution < -0.4 is 16.1 Å². The van der Waals surface area contributed by atoms with Crippen LogP contribution in [-0.2, 0) is 14.3 Å². The number of rotatable bonds is 4. The van der Waals surface area contributed by atoms with E-state index in [0.717, 1.165) is 65.3 Å². The van der Waals surface area contributed by atoms with E-state index in [1.165, 1.54) is 25.8 Å². The summed E-state index contributed by atoms with van der Waals surface area (Å²) in [6, 6.07) is 1.15. The van der Waals surface area contributed by atoms with Crippen LogP contribution in [0.15, 0.2) is 0 Å². The lowest BCUT2D eigenvalue weighted by Gasteiger charge is -2.41. The summed E-state index contributed by atoms with van der Waals surface area (Å²) < 4.78 is 11.1. The minimum absolute atomic E-state index is 0.104. The van der Waals surface area contributed by atoms with Gasteiger partial charge in [-0.1, -0.05) is 0 Å². The third-order valence-electron chi connectivity index (χ3n) is 7.40. The highest BCUT2D eigenvalue weighted by atomic mass is 16.7. The molecule has 5 saturated heterocycles. The fraction of sp³-hybridized carbons (Fsp3) is 1.00. The van der Waals surface area contributed by atoms with E-state index in [1.54, 1.807) is 0 Å². The summed E-state index contributed by atoms with van der Waals surface area (Å²) in [6.07, 6.45) is 8.01. The molecule has 5 atom stereocenters. The first-order valence-electron chi connectivity index (χ1n) is 11.4. The quantitative estimate of drug-likeness (QED) is 0.618. The van der Waals surface area contributed by atoms with Crippen molar-refractivity contribution in [3.05, 3.63) is 0 Å². The predicted molar refractivity (Wildman–Crippen MR) is 105 cm³/mol. The van der Waals surface area contributed by atoms with Crippen LogP contribution in [0.25, 0.3) is 0 Å². The van der Waals surface area contributed by atoms with Crippen molar-refractivity contribution in [1.29, 1.82) is 0 Å². The summed E-state index contributed by atoms with van der Waals surface area (Å²) in [4.78, 5) is 11.4. The monoisotopic (exact) mass is 395 g/mol. The lowest BCUT2D eigenvalue weighted by Crippen LogP contribution is -2.57. The number of ether oxygens (including phenoxy) is 2. The molecule has 0 spiro atoms. The molecule has 0 aliphatic carbocycles. The fourth-order valence-electron chi connectivity index (χ4n) is 5.82. The molecule has 160 valence electrons. The molecular formula is C20H37N5O3. The number of likely N-dealkylation sites (tertiary alicyclic amines) is 1. The van der Waals surface area contributed by atoms with Gasteiger partial charge in [-0.15, -0.1) is 0 Å². The van der Waals surface area contributed by atoms with Crippen molar-refractivity contribution in [2.75, 3.05) is 52.6 Å². The maximum Gasteiger partial charge on any atom is 0.146 e. The Morgan fingerprint density at radius 1 is 0.857 bits per heavy atom. The molecule has 5 aliphatic heterocycles. The molecule has 5 unspecified atom stereocenters. The van der Waals surface area contributed by atoms with E-state index in [9.17, 15) is 0 Å². The van der Waals surface area contributed by atoms with Gasteiger partial charge < -0.3 is 14.8 Å². The summed E-state index contributed by atoms with van der Waals surface area (Å²) in [5, 5.41) is 7.53. The van der Waals surface area contributed by atoms with Crippen molar-refractivity contribution < 1.29 is 14.3 Å². The van der Waals surface area contributed by atoms with E-state index >= 15 is 0 Å². The number of morpholine rings is 1. The summed E-state index contributed by atoms with van der Waals surface area (Å²) in [7, 11) is 0. The predicted octanol–water partition coefficient (Wildman–Crippen LogP) is 0.0643. The summed E-state index contributed by atoms with van der Waals surface area (Å²) >= 11 is 0. The van der Waals surface area contributed by atoms with Gasteiger partial charge in [0.1, 0.15) is 6.23 Å². The molecule has 5 rings (SSSR count). The Labute approximate surface area is 168 Å². The zero-order valence-corrected chi connectivity index (χ0v) is 17.0.